The molecule has 0 spiro atoms. The molecule has 114 valence electrons. The number of nitrogens with zero attached hydrogens (tertiary/aromatic N) is 3. The van der Waals surface area contributed by atoms with Crippen LogP contribution in [0.5, 0.6) is 0 Å². The first-order valence-corrected chi connectivity index (χ1v) is 8.15. The van der Waals surface area contributed by atoms with Gasteiger partial charge in [-0.25, -0.2) is 0 Å². The number of rotatable bonds is 9. The van der Waals surface area contributed by atoms with Crippen LogP contribution in [0.4, 0.5) is 17.8 Å². The Morgan fingerprint density at radius 3 is 2.00 bits per heavy atom. The van der Waals surface area contributed by atoms with Gasteiger partial charge in [0.2, 0.25) is 17.8 Å². The summed E-state index contributed by atoms with van der Waals surface area (Å²) in [5, 5.41) is 3.04. The highest BCUT2D eigenvalue weighted by atomic mass is 28.4. The molecule has 1 heterocycles. The van der Waals surface area contributed by atoms with Gasteiger partial charge in [0.15, 0.2) is 0 Å². The molecular weight excluding hydrogens is 280 g/mol. The molecule has 9 nitrogen and oxygen atoms in total. The standard InChI is InChI=1S/C10H22N6O3Si/c1-17-20(18-2,19-3)7-5-4-6-13-10-15-8(11)14-9(12)16-10/h4-7H2,1-3H3,(H5,11,12,13,14,15,16). The monoisotopic (exact) mass is 302 g/mol. The second kappa shape index (κ2) is 7.94. The van der Waals surface area contributed by atoms with E-state index in [2.05, 4.69) is 20.3 Å². The number of unbranched alkanes of at least 4 members (excludes halogenated alkanes) is 1. The fourth-order valence-corrected chi connectivity index (χ4v) is 3.51. The summed E-state index contributed by atoms with van der Waals surface area (Å²) in [6.45, 7) is 0.685. The maximum absolute atomic E-state index is 5.47. The number of nitrogens with one attached hydrogen (secondary N) is 1. The van der Waals surface area contributed by atoms with E-state index in [-0.39, 0.29) is 11.9 Å². The molecule has 0 fully saturated rings. The van der Waals surface area contributed by atoms with E-state index in [1.165, 1.54) is 0 Å². The Hall–Kier alpha value is -1.49. The third-order valence-corrected chi connectivity index (χ3v) is 5.63. The van der Waals surface area contributed by atoms with Crippen molar-refractivity contribution < 1.29 is 13.3 Å². The smallest absolute Gasteiger partial charge is 0.377 e. The summed E-state index contributed by atoms with van der Waals surface area (Å²) in [5.74, 6) is 0.581. The molecule has 20 heavy (non-hydrogen) atoms. The van der Waals surface area contributed by atoms with Gasteiger partial charge in [-0.1, -0.05) is 0 Å². The first-order chi connectivity index (χ1) is 9.55. The van der Waals surface area contributed by atoms with E-state index in [1.54, 1.807) is 21.3 Å². The van der Waals surface area contributed by atoms with Crippen molar-refractivity contribution in [1.82, 2.24) is 15.0 Å². The highest BCUT2D eigenvalue weighted by Crippen LogP contribution is 2.16. The number of nitrogens with two attached hydrogens (primary N) is 2. The van der Waals surface area contributed by atoms with E-state index < -0.39 is 8.80 Å². The molecule has 0 aliphatic rings. The van der Waals surface area contributed by atoms with Crippen LogP contribution < -0.4 is 16.8 Å². The zero-order valence-electron chi connectivity index (χ0n) is 12.0. The number of hydrogen-bond donors (Lipinski definition) is 3. The van der Waals surface area contributed by atoms with Crippen LogP contribution in [0, 0.1) is 0 Å². The minimum Gasteiger partial charge on any atom is -0.377 e. The maximum atomic E-state index is 5.47. The lowest BCUT2D eigenvalue weighted by molar-refractivity contribution is 0.123. The van der Waals surface area contributed by atoms with E-state index >= 15 is 0 Å². The van der Waals surface area contributed by atoms with E-state index in [0.717, 1.165) is 18.9 Å². The summed E-state index contributed by atoms with van der Waals surface area (Å²) in [5.41, 5.74) is 10.9. The highest BCUT2D eigenvalue weighted by Gasteiger charge is 2.36. The molecule has 0 atom stereocenters. The summed E-state index contributed by atoms with van der Waals surface area (Å²) in [7, 11) is 2.34. The van der Waals surface area contributed by atoms with Gasteiger partial charge in [0.25, 0.3) is 0 Å². The van der Waals surface area contributed by atoms with Crippen molar-refractivity contribution in [2.75, 3.05) is 44.7 Å². The molecule has 0 radical (unpaired) electrons. The summed E-state index contributed by atoms with van der Waals surface area (Å²) in [6, 6.07) is 0.750. The number of aromatic nitrogens is 3. The van der Waals surface area contributed by atoms with Gasteiger partial charge in [-0.05, 0) is 12.8 Å². The average molecular weight is 302 g/mol. The van der Waals surface area contributed by atoms with Gasteiger partial charge in [-0.3, -0.25) is 0 Å². The minimum atomic E-state index is -2.47. The Morgan fingerprint density at radius 2 is 1.50 bits per heavy atom. The predicted molar refractivity (Wildman–Crippen MR) is 78.0 cm³/mol. The van der Waals surface area contributed by atoms with Crippen LogP contribution in [0.3, 0.4) is 0 Å². The first-order valence-electron chi connectivity index (χ1n) is 6.21. The van der Waals surface area contributed by atoms with Crippen LogP contribution in [0.15, 0.2) is 0 Å². The molecule has 1 rings (SSSR count). The fraction of sp³-hybridized carbons (Fsp3) is 0.700. The van der Waals surface area contributed by atoms with Crippen molar-refractivity contribution in [3.8, 4) is 0 Å². The minimum absolute atomic E-state index is 0.101. The van der Waals surface area contributed by atoms with E-state index in [4.69, 9.17) is 24.7 Å². The Labute approximate surface area is 119 Å². The Morgan fingerprint density at radius 1 is 0.950 bits per heavy atom. The highest BCUT2D eigenvalue weighted by molar-refractivity contribution is 6.60. The van der Waals surface area contributed by atoms with Gasteiger partial charge in [-0.2, -0.15) is 15.0 Å². The van der Waals surface area contributed by atoms with Crippen LogP contribution in [0.2, 0.25) is 6.04 Å². The van der Waals surface area contributed by atoms with Gasteiger partial charge in [0, 0.05) is 33.9 Å². The molecule has 0 aliphatic heterocycles. The molecular formula is C10H22N6O3Si. The van der Waals surface area contributed by atoms with Crippen molar-refractivity contribution >= 4 is 26.6 Å². The van der Waals surface area contributed by atoms with Crippen molar-refractivity contribution in [2.45, 2.75) is 18.9 Å². The number of anilines is 3. The molecule has 1 aromatic rings. The topological polar surface area (TPSA) is 130 Å². The normalized spacial score (nSPS) is 11.6. The molecule has 0 aliphatic carbocycles. The third-order valence-electron chi connectivity index (χ3n) is 2.80. The Balaban J connectivity index is 2.31. The maximum Gasteiger partial charge on any atom is 0.500 e. The van der Waals surface area contributed by atoms with Crippen LogP contribution in [0.1, 0.15) is 12.8 Å². The van der Waals surface area contributed by atoms with Crippen LogP contribution in [0.25, 0.3) is 0 Å². The zero-order chi connectivity index (χ0) is 15.0. The summed E-state index contributed by atoms with van der Waals surface area (Å²) in [4.78, 5) is 11.5. The molecule has 0 aromatic carbocycles. The lowest BCUT2D eigenvalue weighted by atomic mass is 10.3. The molecule has 0 bridgehead atoms. The Bertz CT molecular complexity index is 389. The average Bonchev–Trinajstić information content (AvgIpc) is 2.42. The second-order valence-corrected chi connectivity index (χ2v) is 7.15. The zero-order valence-corrected chi connectivity index (χ0v) is 13.0. The first kappa shape index (κ1) is 16.6. The summed E-state index contributed by atoms with van der Waals surface area (Å²) >= 11 is 0. The van der Waals surface area contributed by atoms with Crippen LogP contribution in [-0.2, 0) is 13.3 Å². The summed E-state index contributed by atoms with van der Waals surface area (Å²) in [6.07, 6.45) is 1.78. The predicted octanol–water partition coefficient (Wildman–Crippen LogP) is 0.106. The molecule has 0 saturated heterocycles. The third kappa shape index (κ3) is 4.88. The number of hydrogen-bond acceptors (Lipinski definition) is 9. The molecule has 0 amide bonds. The molecule has 0 unspecified atom stereocenters. The fourth-order valence-electron chi connectivity index (χ4n) is 1.71. The quantitative estimate of drug-likeness (QED) is 0.429. The van der Waals surface area contributed by atoms with Gasteiger partial charge in [0.05, 0.1) is 0 Å². The second-order valence-electron chi connectivity index (χ2n) is 4.05. The number of nitrogen functional groups attached to an aromatic ring is 2. The van der Waals surface area contributed by atoms with Gasteiger partial charge in [-0.15, -0.1) is 0 Å². The van der Waals surface area contributed by atoms with Gasteiger partial charge < -0.3 is 30.1 Å². The SMILES string of the molecule is CO[Si](CCCCNc1nc(N)nc(N)n1)(OC)OC. The van der Waals surface area contributed by atoms with Crippen LogP contribution in [-0.4, -0.2) is 51.6 Å². The lowest BCUT2D eigenvalue weighted by Crippen LogP contribution is -2.42. The van der Waals surface area contributed by atoms with Crippen LogP contribution >= 0.6 is 0 Å². The molecule has 0 saturated carbocycles. The summed E-state index contributed by atoms with van der Waals surface area (Å²) < 4.78 is 16.0. The van der Waals surface area contributed by atoms with Gasteiger partial charge in [0.1, 0.15) is 0 Å². The van der Waals surface area contributed by atoms with E-state index in [0.29, 0.717) is 12.5 Å². The van der Waals surface area contributed by atoms with Crippen molar-refractivity contribution in [2.24, 2.45) is 0 Å². The van der Waals surface area contributed by atoms with E-state index in [1.807, 2.05) is 0 Å². The van der Waals surface area contributed by atoms with Gasteiger partial charge >= 0.3 is 8.80 Å². The largest absolute Gasteiger partial charge is 0.500 e. The van der Waals surface area contributed by atoms with Crippen molar-refractivity contribution in [3.63, 3.8) is 0 Å². The van der Waals surface area contributed by atoms with Crippen molar-refractivity contribution in [3.05, 3.63) is 0 Å². The molecule has 1 aromatic heterocycles. The molecule has 10 heteroatoms. The molecule has 5 N–H and O–H groups in total. The Kier molecular flexibility index (Phi) is 6.58. The lowest BCUT2D eigenvalue weighted by Gasteiger charge is -2.24. The van der Waals surface area contributed by atoms with E-state index in [9.17, 15) is 0 Å². The van der Waals surface area contributed by atoms with Crippen molar-refractivity contribution in [1.29, 1.82) is 0 Å².